The van der Waals surface area contributed by atoms with E-state index in [0.717, 1.165) is 5.56 Å². The van der Waals surface area contributed by atoms with Crippen LogP contribution in [0.4, 0.5) is 4.79 Å². The van der Waals surface area contributed by atoms with Crippen LogP contribution in [-0.2, 0) is 20.4 Å². The molecule has 2 unspecified atom stereocenters. The zero-order valence-corrected chi connectivity index (χ0v) is 14.4. The summed E-state index contributed by atoms with van der Waals surface area (Å²) < 4.78 is 22.2. The number of alkyl carbamates (subject to hydrolysis) is 1. The molecule has 6 nitrogen and oxygen atoms in total. The van der Waals surface area contributed by atoms with Gasteiger partial charge in [0.2, 0.25) is 0 Å². The maximum Gasteiger partial charge on any atom is 0.408 e. The van der Waals surface area contributed by atoms with Crippen LogP contribution >= 0.6 is 7.60 Å². The van der Waals surface area contributed by atoms with Crippen molar-refractivity contribution in [2.75, 3.05) is 6.61 Å². The molecule has 0 spiro atoms. The van der Waals surface area contributed by atoms with Crippen molar-refractivity contribution in [1.82, 2.24) is 5.32 Å². The molecule has 0 radical (unpaired) electrons. The van der Waals surface area contributed by atoms with Crippen LogP contribution in [0, 0.1) is 5.92 Å². The molecule has 1 aromatic carbocycles. The van der Waals surface area contributed by atoms with Crippen LogP contribution in [-0.4, -0.2) is 23.4 Å². The van der Waals surface area contributed by atoms with Gasteiger partial charge in [0.15, 0.2) is 0 Å². The first-order valence-electron chi connectivity index (χ1n) is 7.40. The van der Waals surface area contributed by atoms with Crippen molar-refractivity contribution < 1.29 is 23.5 Å². The van der Waals surface area contributed by atoms with Crippen LogP contribution in [0.3, 0.4) is 0 Å². The average molecular weight is 341 g/mol. The zero-order chi connectivity index (χ0) is 17.3. The lowest BCUT2D eigenvalue weighted by molar-refractivity contribution is 0.135. The van der Waals surface area contributed by atoms with E-state index in [2.05, 4.69) is 11.9 Å². The van der Waals surface area contributed by atoms with E-state index in [1.165, 1.54) is 6.08 Å². The van der Waals surface area contributed by atoms with Crippen LogP contribution in [0.25, 0.3) is 0 Å². The molecule has 1 rings (SSSR count). The molecule has 0 saturated carbocycles. The molecule has 2 N–H and O–H groups in total. The molecule has 0 aromatic heterocycles. The van der Waals surface area contributed by atoms with E-state index in [9.17, 15) is 14.3 Å². The lowest BCUT2D eigenvalue weighted by Gasteiger charge is -2.24. The number of ether oxygens (including phenoxy) is 1. The lowest BCUT2D eigenvalue weighted by atomic mass is 10.1. The third-order valence-corrected chi connectivity index (χ3v) is 4.61. The highest BCUT2D eigenvalue weighted by atomic mass is 31.2. The highest BCUT2D eigenvalue weighted by Gasteiger charge is 2.34. The van der Waals surface area contributed by atoms with Gasteiger partial charge in [0.25, 0.3) is 0 Å². The van der Waals surface area contributed by atoms with Gasteiger partial charge in [-0.25, -0.2) is 4.79 Å². The van der Waals surface area contributed by atoms with Crippen molar-refractivity contribution in [3.8, 4) is 0 Å². The van der Waals surface area contributed by atoms with E-state index >= 15 is 0 Å². The maximum atomic E-state index is 12.2. The molecular formula is C16H24NO5P. The van der Waals surface area contributed by atoms with Gasteiger partial charge in [-0.1, -0.05) is 50.3 Å². The Morgan fingerprint density at radius 3 is 2.61 bits per heavy atom. The molecule has 0 fully saturated rings. The molecule has 0 aliphatic carbocycles. The Kier molecular flexibility index (Phi) is 8.03. The van der Waals surface area contributed by atoms with Crippen LogP contribution in [0.5, 0.6) is 0 Å². The predicted octanol–water partition coefficient (Wildman–Crippen LogP) is 3.67. The molecular weight excluding hydrogens is 317 g/mol. The Hall–Kier alpha value is -1.62. The van der Waals surface area contributed by atoms with Crippen LogP contribution in [0.1, 0.15) is 25.8 Å². The normalized spacial score (nSPS) is 14.8. The maximum absolute atomic E-state index is 12.2. The molecule has 128 valence electrons. The Morgan fingerprint density at radius 1 is 1.39 bits per heavy atom. The van der Waals surface area contributed by atoms with Gasteiger partial charge in [-0.3, -0.25) is 4.57 Å². The number of nitrogens with one attached hydrogen (secondary N) is 1. The second kappa shape index (κ2) is 9.50. The molecule has 2 atom stereocenters. The van der Waals surface area contributed by atoms with E-state index in [4.69, 9.17) is 9.26 Å². The quantitative estimate of drug-likeness (QED) is 0.529. The summed E-state index contributed by atoms with van der Waals surface area (Å²) in [5.41, 5.74) is 0.832. The Morgan fingerprint density at radius 2 is 2.04 bits per heavy atom. The van der Waals surface area contributed by atoms with Crippen LogP contribution in [0.2, 0.25) is 0 Å². The van der Waals surface area contributed by atoms with E-state index in [1.54, 1.807) is 0 Å². The van der Waals surface area contributed by atoms with Crippen molar-refractivity contribution in [3.63, 3.8) is 0 Å². The minimum atomic E-state index is -4.01. The second-order valence-corrected chi connectivity index (χ2v) is 7.51. The van der Waals surface area contributed by atoms with Crippen molar-refractivity contribution in [1.29, 1.82) is 0 Å². The number of carbonyl (C=O) groups excluding carboxylic acids is 1. The fraction of sp³-hybridized carbons (Fsp3) is 0.438. The molecule has 0 heterocycles. The smallest absolute Gasteiger partial charge is 0.408 e. The van der Waals surface area contributed by atoms with E-state index in [-0.39, 0.29) is 19.1 Å². The Labute approximate surface area is 137 Å². The molecule has 1 amide bonds. The third kappa shape index (κ3) is 7.46. The largest absolute Gasteiger partial charge is 0.445 e. The predicted molar refractivity (Wildman–Crippen MR) is 89.0 cm³/mol. The van der Waals surface area contributed by atoms with Crippen molar-refractivity contribution in [3.05, 3.63) is 48.6 Å². The van der Waals surface area contributed by atoms with Crippen molar-refractivity contribution >= 4 is 13.7 Å². The van der Waals surface area contributed by atoms with E-state index in [0.29, 0.717) is 6.42 Å². The summed E-state index contributed by atoms with van der Waals surface area (Å²) in [6.45, 7) is 7.23. The fourth-order valence-corrected chi connectivity index (χ4v) is 3.33. The summed E-state index contributed by atoms with van der Waals surface area (Å²) in [4.78, 5) is 21.9. The van der Waals surface area contributed by atoms with Crippen molar-refractivity contribution in [2.24, 2.45) is 5.92 Å². The lowest BCUT2D eigenvalue weighted by Crippen LogP contribution is -2.36. The van der Waals surface area contributed by atoms with Gasteiger partial charge in [-0.05, 0) is 17.9 Å². The monoisotopic (exact) mass is 341 g/mol. The first kappa shape index (κ1) is 19.4. The van der Waals surface area contributed by atoms with Gasteiger partial charge >= 0.3 is 13.7 Å². The molecule has 23 heavy (non-hydrogen) atoms. The van der Waals surface area contributed by atoms with Gasteiger partial charge < -0.3 is 19.5 Å². The van der Waals surface area contributed by atoms with Crippen molar-refractivity contribution in [2.45, 2.75) is 32.7 Å². The number of benzene rings is 1. The average Bonchev–Trinajstić information content (AvgIpc) is 2.51. The summed E-state index contributed by atoms with van der Waals surface area (Å²) in [7, 11) is -4.01. The minimum Gasteiger partial charge on any atom is -0.445 e. The van der Waals surface area contributed by atoms with E-state index < -0.39 is 19.5 Å². The Balaban J connectivity index is 2.63. The number of hydrogen-bond acceptors (Lipinski definition) is 4. The molecule has 0 aliphatic rings. The minimum absolute atomic E-state index is 0.0664. The van der Waals surface area contributed by atoms with Gasteiger partial charge in [0.1, 0.15) is 12.4 Å². The summed E-state index contributed by atoms with van der Waals surface area (Å²) in [6.07, 6.45) is 0.921. The summed E-state index contributed by atoms with van der Waals surface area (Å²) in [5, 5.41) is 2.43. The molecule has 1 aromatic rings. The van der Waals surface area contributed by atoms with Crippen LogP contribution < -0.4 is 5.32 Å². The summed E-state index contributed by atoms with van der Waals surface area (Å²) >= 11 is 0. The zero-order valence-electron chi connectivity index (χ0n) is 13.5. The molecule has 0 aliphatic heterocycles. The standard InChI is InChI=1S/C16H24NO5P/c1-4-10-22-23(19,20)15(11-13(2)3)17-16(18)21-12-14-8-6-5-7-9-14/h4-9,13,15H,1,10-12H2,2-3H3,(H,17,18)(H,19,20). The molecule has 0 saturated heterocycles. The van der Waals surface area contributed by atoms with E-state index in [1.807, 2.05) is 44.2 Å². The van der Waals surface area contributed by atoms with Gasteiger partial charge in [0, 0.05) is 0 Å². The highest BCUT2D eigenvalue weighted by Crippen LogP contribution is 2.48. The first-order valence-corrected chi connectivity index (χ1v) is 9.05. The number of amides is 1. The topological polar surface area (TPSA) is 84.9 Å². The van der Waals surface area contributed by atoms with Gasteiger partial charge in [0.05, 0.1) is 6.61 Å². The summed E-state index contributed by atoms with van der Waals surface area (Å²) in [6, 6.07) is 9.18. The second-order valence-electron chi connectivity index (χ2n) is 5.50. The molecule has 7 heteroatoms. The third-order valence-electron chi connectivity index (χ3n) is 2.96. The van der Waals surface area contributed by atoms with Crippen LogP contribution in [0.15, 0.2) is 43.0 Å². The SMILES string of the molecule is C=CCOP(=O)(O)C(CC(C)C)NC(=O)OCc1ccccc1. The fourth-order valence-electron chi connectivity index (χ4n) is 1.87. The number of hydrogen-bond donors (Lipinski definition) is 2. The first-order chi connectivity index (χ1) is 10.8. The number of carbonyl (C=O) groups is 1. The summed E-state index contributed by atoms with van der Waals surface area (Å²) in [5.74, 6) is -0.923. The molecule has 0 bridgehead atoms. The highest BCUT2D eigenvalue weighted by molar-refractivity contribution is 7.53. The van der Waals surface area contributed by atoms with Gasteiger partial charge in [-0.2, -0.15) is 0 Å². The number of rotatable bonds is 9. The van der Waals surface area contributed by atoms with Gasteiger partial charge in [-0.15, -0.1) is 6.58 Å². The Bertz CT molecular complexity index is 547.